The largest absolute Gasteiger partial charge is 0.497 e. The van der Waals surface area contributed by atoms with Gasteiger partial charge in [-0.05, 0) is 53.9 Å². The van der Waals surface area contributed by atoms with Crippen molar-refractivity contribution in [1.82, 2.24) is 4.90 Å². The highest BCUT2D eigenvalue weighted by molar-refractivity contribution is 9.10. The molecule has 0 aliphatic carbocycles. The lowest BCUT2D eigenvalue weighted by Gasteiger charge is -2.37. The molecule has 4 nitrogen and oxygen atoms in total. The molecule has 1 aliphatic heterocycles. The normalized spacial score (nSPS) is 23.3. The number of carbonyl (C=O) groups is 1. The van der Waals surface area contributed by atoms with Gasteiger partial charge >= 0.3 is 0 Å². The fourth-order valence-electron chi connectivity index (χ4n) is 2.36. The molecule has 0 aromatic heterocycles. The van der Waals surface area contributed by atoms with Crippen LogP contribution >= 0.6 is 15.9 Å². The van der Waals surface area contributed by atoms with Gasteiger partial charge in [0, 0.05) is 17.6 Å². The number of benzene rings is 1. The topological polar surface area (TPSA) is 49.8 Å². The van der Waals surface area contributed by atoms with Gasteiger partial charge in [0.25, 0.3) is 5.91 Å². The number of amides is 1. The summed E-state index contributed by atoms with van der Waals surface area (Å²) < 4.78 is 5.89. The van der Waals surface area contributed by atoms with E-state index in [1.54, 1.807) is 37.1 Å². The number of piperidine rings is 1. The summed E-state index contributed by atoms with van der Waals surface area (Å²) in [5, 5.41) is 10.1. The SMILES string of the molecule is COc1ccc(Br)c(C(=O)N2CCCC(C)(O)C2)c1. The molecule has 5 heteroatoms. The minimum Gasteiger partial charge on any atom is -0.497 e. The Kier molecular flexibility index (Phi) is 4.16. The van der Waals surface area contributed by atoms with Gasteiger partial charge in [-0.2, -0.15) is 0 Å². The number of nitrogens with zero attached hydrogens (tertiary/aromatic N) is 1. The van der Waals surface area contributed by atoms with E-state index in [-0.39, 0.29) is 5.91 Å². The minimum absolute atomic E-state index is 0.0780. The van der Waals surface area contributed by atoms with Gasteiger partial charge in [-0.15, -0.1) is 0 Å². The van der Waals surface area contributed by atoms with Gasteiger partial charge < -0.3 is 14.7 Å². The summed E-state index contributed by atoms with van der Waals surface area (Å²) in [6.45, 7) is 2.82. The van der Waals surface area contributed by atoms with Gasteiger partial charge in [0.2, 0.25) is 0 Å². The zero-order valence-corrected chi connectivity index (χ0v) is 12.7. The molecule has 104 valence electrons. The number of carbonyl (C=O) groups excluding carboxylic acids is 1. The van der Waals surface area contributed by atoms with Crippen molar-refractivity contribution in [1.29, 1.82) is 0 Å². The molecule has 0 saturated carbocycles. The predicted molar refractivity (Wildman–Crippen MR) is 76.5 cm³/mol. The van der Waals surface area contributed by atoms with Crippen LogP contribution in [0, 0.1) is 0 Å². The highest BCUT2D eigenvalue weighted by Crippen LogP contribution is 2.27. The molecule has 1 aromatic rings. The predicted octanol–water partition coefficient (Wildman–Crippen LogP) is 2.44. The first-order valence-electron chi connectivity index (χ1n) is 6.28. The van der Waals surface area contributed by atoms with Crippen molar-refractivity contribution < 1.29 is 14.6 Å². The van der Waals surface area contributed by atoms with Crippen LogP contribution in [0.25, 0.3) is 0 Å². The van der Waals surface area contributed by atoms with Crippen LogP contribution in [-0.2, 0) is 0 Å². The Labute approximate surface area is 121 Å². The number of halogens is 1. The monoisotopic (exact) mass is 327 g/mol. The lowest BCUT2D eigenvalue weighted by atomic mass is 9.94. The number of likely N-dealkylation sites (tertiary alicyclic amines) is 1. The molecule has 19 heavy (non-hydrogen) atoms. The molecule has 0 spiro atoms. The summed E-state index contributed by atoms with van der Waals surface area (Å²) >= 11 is 3.39. The summed E-state index contributed by atoms with van der Waals surface area (Å²) in [5.41, 5.74) is -0.226. The zero-order valence-electron chi connectivity index (χ0n) is 11.1. The molecule has 1 atom stereocenters. The quantitative estimate of drug-likeness (QED) is 0.907. The summed E-state index contributed by atoms with van der Waals surface area (Å²) in [6, 6.07) is 5.32. The number of hydrogen-bond acceptors (Lipinski definition) is 3. The number of hydrogen-bond donors (Lipinski definition) is 1. The van der Waals surface area contributed by atoms with E-state index in [1.165, 1.54) is 0 Å². The Morgan fingerprint density at radius 1 is 1.53 bits per heavy atom. The Morgan fingerprint density at radius 3 is 2.89 bits per heavy atom. The van der Waals surface area contributed by atoms with Gasteiger partial charge in [0.05, 0.1) is 18.3 Å². The van der Waals surface area contributed by atoms with Gasteiger partial charge in [-0.25, -0.2) is 0 Å². The summed E-state index contributed by atoms with van der Waals surface area (Å²) in [7, 11) is 1.57. The molecule has 1 saturated heterocycles. The van der Waals surface area contributed by atoms with Crippen LogP contribution in [0.1, 0.15) is 30.1 Å². The minimum atomic E-state index is -0.792. The second-order valence-electron chi connectivity index (χ2n) is 5.17. The molecule has 0 bridgehead atoms. The van der Waals surface area contributed by atoms with E-state index >= 15 is 0 Å². The van der Waals surface area contributed by atoms with Gasteiger partial charge in [0.15, 0.2) is 0 Å². The molecule has 1 unspecified atom stereocenters. The first-order valence-corrected chi connectivity index (χ1v) is 7.07. The molecule has 1 N–H and O–H groups in total. The van der Waals surface area contributed by atoms with Crippen molar-refractivity contribution in [2.24, 2.45) is 0 Å². The van der Waals surface area contributed by atoms with E-state index in [1.807, 2.05) is 0 Å². The zero-order chi connectivity index (χ0) is 14.0. The molecule has 1 aromatic carbocycles. The third-order valence-electron chi connectivity index (χ3n) is 3.37. The molecule has 1 aliphatic rings. The standard InChI is InChI=1S/C14H18BrNO3/c1-14(18)6-3-7-16(9-14)13(17)11-8-10(19-2)4-5-12(11)15/h4-5,8,18H,3,6-7,9H2,1-2H3. The van der Waals surface area contributed by atoms with E-state index in [9.17, 15) is 9.90 Å². The number of aliphatic hydroxyl groups is 1. The summed E-state index contributed by atoms with van der Waals surface area (Å²) in [5.74, 6) is 0.570. The van der Waals surface area contributed by atoms with Crippen LogP contribution in [0.4, 0.5) is 0 Å². The number of methoxy groups -OCH3 is 1. The second kappa shape index (κ2) is 5.51. The smallest absolute Gasteiger partial charge is 0.255 e. The van der Waals surface area contributed by atoms with E-state index in [0.29, 0.717) is 24.4 Å². The Morgan fingerprint density at radius 2 is 2.26 bits per heavy atom. The van der Waals surface area contributed by atoms with E-state index in [2.05, 4.69) is 15.9 Å². The van der Waals surface area contributed by atoms with Crippen molar-refractivity contribution in [3.63, 3.8) is 0 Å². The summed E-state index contributed by atoms with van der Waals surface area (Å²) in [4.78, 5) is 14.2. The second-order valence-corrected chi connectivity index (χ2v) is 6.03. The van der Waals surface area contributed by atoms with E-state index < -0.39 is 5.60 Å². The Hall–Kier alpha value is -1.07. The van der Waals surface area contributed by atoms with Crippen LogP contribution in [-0.4, -0.2) is 41.7 Å². The summed E-state index contributed by atoms with van der Waals surface area (Å²) in [6.07, 6.45) is 1.55. The van der Waals surface area contributed by atoms with Crippen LogP contribution in [0.3, 0.4) is 0 Å². The molecule has 1 heterocycles. The lowest BCUT2D eigenvalue weighted by Crippen LogP contribution is -2.48. The number of β-amino-alcohol motifs (C(OH)–C–C–N with tert-alkyl or cyclic N) is 1. The van der Waals surface area contributed by atoms with Crippen molar-refractivity contribution in [3.05, 3.63) is 28.2 Å². The fourth-order valence-corrected chi connectivity index (χ4v) is 2.78. The van der Waals surface area contributed by atoms with E-state index in [0.717, 1.165) is 17.3 Å². The van der Waals surface area contributed by atoms with Crippen LogP contribution in [0.5, 0.6) is 5.75 Å². The first kappa shape index (κ1) is 14.3. The number of ether oxygens (including phenoxy) is 1. The Balaban J connectivity index is 2.24. The maximum Gasteiger partial charge on any atom is 0.255 e. The van der Waals surface area contributed by atoms with Gasteiger partial charge in [-0.3, -0.25) is 4.79 Å². The molecule has 0 radical (unpaired) electrons. The van der Waals surface area contributed by atoms with Crippen LogP contribution in [0.15, 0.2) is 22.7 Å². The molecular weight excluding hydrogens is 310 g/mol. The van der Waals surface area contributed by atoms with Crippen molar-refractivity contribution in [3.8, 4) is 5.75 Å². The highest BCUT2D eigenvalue weighted by atomic mass is 79.9. The molecule has 2 rings (SSSR count). The third-order valence-corrected chi connectivity index (χ3v) is 4.06. The van der Waals surface area contributed by atoms with Gasteiger partial charge in [-0.1, -0.05) is 0 Å². The van der Waals surface area contributed by atoms with Crippen LogP contribution in [0.2, 0.25) is 0 Å². The molecule has 1 amide bonds. The average Bonchev–Trinajstić information content (AvgIpc) is 2.37. The third kappa shape index (κ3) is 3.28. The first-order chi connectivity index (χ1) is 8.93. The number of rotatable bonds is 2. The average molecular weight is 328 g/mol. The highest BCUT2D eigenvalue weighted by Gasteiger charge is 2.31. The van der Waals surface area contributed by atoms with Crippen molar-refractivity contribution in [2.45, 2.75) is 25.4 Å². The maximum atomic E-state index is 12.5. The van der Waals surface area contributed by atoms with E-state index in [4.69, 9.17) is 4.74 Å². The molecular formula is C14H18BrNO3. The van der Waals surface area contributed by atoms with Gasteiger partial charge in [0.1, 0.15) is 5.75 Å². The van der Waals surface area contributed by atoms with Crippen LogP contribution < -0.4 is 4.74 Å². The van der Waals surface area contributed by atoms with Crippen molar-refractivity contribution in [2.75, 3.05) is 20.2 Å². The fraction of sp³-hybridized carbons (Fsp3) is 0.500. The lowest BCUT2D eigenvalue weighted by molar-refractivity contribution is -0.0107. The molecule has 1 fully saturated rings. The maximum absolute atomic E-state index is 12.5. The Bertz CT molecular complexity index is 488. The van der Waals surface area contributed by atoms with Crippen molar-refractivity contribution >= 4 is 21.8 Å².